The lowest BCUT2D eigenvalue weighted by atomic mass is 9.74. The number of benzene rings is 2. The summed E-state index contributed by atoms with van der Waals surface area (Å²) in [4.78, 5) is 13.1. The van der Waals surface area contributed by atoms with Crippen molar-refractivity contribution in [3.05, 3.63) is 81.6 Å². The maximum atomic E-state index is 13.1. The zero-order valence-electron chi connectivity index (χ0n) is 17.3. The molecule has 1 fully saturated rings. The first kappa shape index (κ1) is 20.8. The van der Waals surface area contributed by atoms with Crippen molar-refractivity contribution in [1.82, 2.24) is 15.1 Å². The number of hydrogen-bond acceptors (Lipinski definition) is 3. The first-order chi connectivity index (χ1) is 14.5. The summed E-state index contributed by atoms with van der Waals surface area (Å²) >= 11 is 3.58. The van der Waals surface area contributed by atoms with Crippen LogP contribution in [0.2, 0.25) is 0 Å². The van der Waals surface area contributed by atoms with Crippen molar-refractivity contribution in [2.45, 2.75) is 32.1 Å². The van der Waals surface area contributed by atoms with Crippen molar-refractivity contribution in [3.8, 4) is 5.69 Å². The van der Waals surface area contributed by atoms with Crippen molar-refractivity contribution in [2.75, 3.05) is 19.8 Å². The molecule has 0 saturated carbocycles. The Hall–Kier alpha value is -2.44. The molecule has 156 valence electrons. The van der Waals surface area contributed by atoms with E-state index in [1.807, 2.05) is 48.9 Å². The van der Waals surface area contributed by atoms with Crippen LogP contribution in [0, 0.1) is 13.8 Å². The minimum Gasteiger partial charge on any atom is -0.381 e. The van der Waals surface area contributed by atoms with Gasteiger partial charge in [-0.1, -0.05) is 46.3 Å². The lowest BCUT2D eigenvalue weighted by Gasteiger charge is -2.38. The Morgan fingerprint density at radius 2 is 1.93 bits per heavy atom. The molecule has 30 heavy (non-hydrogen) atoms. The van der Waals surface area contributed by atoms with Crippen LogP contribution in [0.25, 0.3) is 5.69 Å². The second-order valence-electron chi connectivity index (χ2n) is 7.93. The van der Waals surface area contributed by atoms with E-state index in [0.29, 0.717) is 25.3 Å². The molecule has 1 amide bonds. The van der Waals surface area contributed by atoms with E-state index in [1.165, 1.54) is 5.56 Å². The Morgan fingerprint density at radius 3 is 2.67 bits per heavy atom. The van der Waals surface area contributed by atoms with Gasteiger partial charge in [-0.2, -0.15) is 5.10 Å². The Morgan fingerprint density at radius 1 is 1.17 bits per heavy atom. The maximum Gasteiger partial charge on any atom is 0.254 e. The number of carbonyl (C=O) groups is 1. The molecular formula is C24H26BrN3O2. The highest BCUT2D eigenvalue weighted by atomic mass is 79.9. The third kappa shape index (κ3) is 4.07. The number of amides is 1. The van der Waals surface area contributed by atoms with Gasteiger partial charge >= 0.3 is 0 Å². The molecule has 2 aromatic carbocycles. The summed E-state index contributed by atoms with van der Waals surface area (Å²) in [6.45, 7) is 5.95. The van der Waals surface area contributed by atoms with E-state index in [0.717, 1.165) is 34.3 Å². The van der Waals surface area contributed by atoms with Crippen LogP contribution in [-0.4, -0.2) is 35.4 Å². The Kier molecular flexibility index (Phi) is 6.06. The molecule has 0 radical (unpaired) electrons. The first-order valence-corrected chi connectivity index (χ1v) is 11.0. The summed E-state index contributed by atoms with van der Waals surface area (Å²) in [7, 11) is 0. The Labute approximate surface area is 185 Å². The third-order valence-electron chi connectivity index (χ3n) is 6.07. The number of aromatic nitrogens is 2. The molecule has 1 aromatic heterocycles. The highest BCUT2D eigenvalue weighted by Gasteiger charge is 2.35. The number of halogens is 1. The van der Waals surface area contributed by atoms with Gasteiger partial charge in [-0.3, -0.25) is 4.79 Å². The zero-order chi connectivity index (χ0) is 21.1. The maximum absolute atomic E-state index is 13.1. The van der Waals surface area contributed by atoms with Crippen LogP contribution in [0.1, 0.15) is 40.0 Å². The van der Waals surface area contributed by atoms with Crippen LogP contribution in [0.5, 0.6) is 0 Å². The van der Waals surface area contributed by atoms with Crippen molar-refractivity contribution in [1.29, 1.82) is 0 Å². The summed E-state index contributed by atoms with van der Waals surface area (Å²) in [6, 6.07) is 16.4. The number of hydrogen-bond donors (Lipinski definition) is 1. The highest BCUT2D eigenvalue weighted by Crippen LogP contribution is 2.35. The second kappa shape index (κ2) is 8.74. The normalized spacial score (nSPS) is 15.7. The quantitative estimate of drug-likeness (QED) is 0.589. The van der Waals surface area contributed by atoms with Gasteiger partial charge in [0.25, 0.3) is 5.91 Å². The molecule has 1 N–H and O–H groups in total. The minimum absolute atomic E-state index is 0.0896. The molecule has 0 atom stereocenters. The fourth-order valence-corrected chi connectivity index (χ4v) is 4.57. The first-order valence-electron chi connectivity index (χ1n) is 10.2. The second-order valence-corrected chi connectivity index (χ2v) is 8.84. The van der Waals surface area contributed by atoms with Crippen LogP contribution < -0.4 is 5.32 Å². The number of rotatable bonds is 5. The fraction of sp³-hybridized carbons (Fsp3) is 0.333. The van der Waals surface area contributed by atoms with Gasteiger partial charge in [-0.15, -0.1) is 0 Å². The monoisotopic (exact) mass is 467 g/mol. The lowest BCUT2D eigenvalue weighted by molar-refractivity contribution is 0.0487. The van der Waals surface area contributed by atoms with E-state index < -0.39 is 0 Å². The fourth-order valence-electron chi connectivity index (χ4n) is 4.17. The van der Waals surface area contributed by atoms with Crippen molar-refractivity contribution in [2.24, 2.45) is 0 Å². The molecule has 5 nitrogen and oxygen atoms in total. The third-order valence-corrected chi connectivity index (χ3v) is 6.57. The number of nitrogens with zero attached hydrogens (tertiary/aromatic N) is 2. The molecule has 2 heterocycles. The average molecular weight is 468 g/mol. The van der Waals surface area contributed by atoms with Gasteiger partial charge in [0.15, 0.2) is 0 Å². The smallest absolute Gasteiger partial charge is 0.254 e. The van der Waals surface area contributed by atoms with Gasteiger partial charge in [0.05, 0.1) is 23.1 Å². The lowest BCUT2D eigenvalue weighted by Crippen LogP contribution is -2.44. The summed E-state index contributed by atoms with van der Waals surface area (Å²) in [5.41, 5.74) is 4.65. The van der Waals surface area contributed by atoms with Gasteiger partial charge in [0.1, 0.15) is 0 Å². The molecule has 6 heteroatoms. The molecule has 0 spiro atoms. The SMILES string of the molecule is Cc1ccccc1-n1ncc(C(=O)NCC2(c3cccc(Br)c3)CCOCC2)c1C. The van der Waals surface area contributed by atoms with Gasteiger partial charge in [0, 0.05) is 29.6 Å². The number of para-hydroxylation sites is 1. The van der Waals surface area contributed by atoms with E-state index >= 15 is 0 Å². The summed E-state index contributed by atoms with van der Waals surface area (Å²) in [6.07, 6.45) is 3.42. The molecule has 1 aliphatic heterocycles. The number of carbonyl (C=O) groups excluding carboxylic acids is 1. The Balaban J connectivity index is 1.56. The number of ether oxygens (including phenoxy) is 1. The van der Waals surface area contributed by atoms with E-state index in [-0.39, 0.29) is 11.3 Å². The predicted octanol–water partition coefficient (Wildman–Crippen LogP) is 4.73. The molecular weight excluding hydrogens is 442 g/mol. The summed E-state index contributed by atoms with van der Waals surface area (Å²) in [5, 5.41) is 7.66. The molecule has 0 unspecified atom stereocenters. The molecule has 1 saturated heterocycles. The zero-order valence-corrected chi connectivity index (χ0v) is 18.9. The molecule has 3 aromatic rings. The van der Waals surface area contributed by atoms with Crippen LogP contribution in [-0.2, 0) is 10.2 Å². The topological polar surface area (TPSA) is 56.2 Å². The van der Waals surface area contributed by atoms with Crippen LogP contribution in [0.3, 0.4) is 0 Å². The predicted molar refractivity (Wildman–Crippen MR) is 121 cm³/mol. The summed E-state index contributed by atoms with van der Waals surface area (Å²) in [5.74, 6) is -0.0896. The van der Waals surface area contributed by atoms with Crippen LogP contribution in [0.15, 0.2) is 59.2 Å². The minimum atomic E-state index is -0.127. The summed E-state index contributed by atoms with van der Waals surface area (Å²) < 4.78 is 8.50. The van der Waals surface area contributed by atoms with Crippen LogP contribution in [0.4, 0.5) is 0 Å². The average Bonchev–Trinajstić information content (AvgIpc) is 3.14. The van der Waals surface area contributed by atoms with E-state index in [2.05, 4.69) is 44.5 Å². The van der Waals surface area contributed by atoms with Crippen molar-refractivity contribution in [3.63, 3.8) is 0 Å². The van der Waals surface area contributed by atoms with E-state index in [9.17, 15) is 4.79 Å². The van der Waals surface area contributed by atoms with Gasteiger partial charge in [0.2, 0.25) is 0 Å². The standard InChI is InChI=1S/C24H26BrN3O2/c1-17-6-3-4-9-22(17)28-18(2)21(15-27-28)23(29)26-16-24(10-12-30-13-11-24)19-7-5-8-20(25)14-19/h3-9,14-15H,10-13,16H2,1-2H3,(H,26,29). The largest absolute Gasteiger partial charge is 0.381 e. The molecule has 4 rings (SSSR count). The molecule has 0 bridgehead atoms. The molecule has 1 aliphatic rings. The number of aryl methyl sites for hydroxylation is 1. The van der Waals surface area contributed by atoms with Crippen LogP contribution >= 0.6 is 15.9 Å². The molecule has 0 aliphatic carbocycles. The van der Waals surface area contributed by atoms with Gasteiger partial charge in [-0.05, 0) is 56.0 Å². The van der Waals surface area contributed by atoms with E-state index in [1.54, 1.807) is 6.20 Å². The van der Waals surface area contributed by atoms with Crippen molar-refractivity contribution < 1.29 is 9.53 Å². The number of nitrogens with one attached hydrogen (secondary N) is 1. The highest BCUT2D eigenvalue weighted by molar-refractivity contribution is 9.10. The van der Waals surface area contributed by atoms with Gasteiger partial charge < -0.3 is 10.1 Å². The van der Waals surface area contributed by atoms with E-state index in [4.69, 9.17) is 4.74 Å². The van der Waals surface area contributed by atoms with Crippen molar-refractivity contribution >= 4 is 21.8 Å². The van der Waals surface area contributed by atoms with Gasteiger partial charge in [-0.25, -0.2) is 4.68 Å². The Bertz CT molecular complexity index is 1050.